The Hall–Kier alpha value is -0.750. The van der Waals surface area contributed by atoms with Crippen LogP contribution in [0.4, 0.5) is 8.78 Å². The van der Waals surface area contributed by atoms with Crippen LogP contribution in [0.5, 0.6) is 0 Å². The van der Waals surface area contributed by atoms with Gasteiger partial charge in [-0.15, -0.1) is 0 Å². The van der Waals surface area contributed by atoms with Gasteiger partial charge >= 0.3 is 11.8 Å². The van der Waals surface area contributed by atoms with Crippen molar-refractivity contribution in [3.63, 3.8) is 0 Å². The molecule has 0 aliphatic heterocycles. The third-order valence-corrected chi connectivity index (χ3v) is 2.28. The molecule has 82 valence electrons. The van der Waals surface area contributed by atoms with Gasteiger partial charge in [-0.1, -0.05) is 0 Å². The molecular weight excluding hydrogens is 194 g/mol. The number of alkyl halides is 2. The Morgan fingerprint density at radius 3 is 2.71 bits per heavy atom. The van der Waals surface area contributed by atoms with E-state index in [4.69, 9.17) is 4.74 Å². The first kappa shape index (κ1) is 11.3. The summed E-state index contributed by atoms with van der Waals surface area (Å²) in [6.45, 7) is 0.821. The molecule has 1 unspecified atom stereocenters. The summed E-state index contributed by atoms with van der Waals surface area (Å²) in [5.74, 6) is -0.0882. The lowest BCUT2D eigenvalue weighted by molar-refractivity contribution is -0.158. The van der Waals surface area contributed by atoms with Gasteiger partial charge in [-0.2, -0.15) is 8.78 Å². The zero-order chi connectivity index (χ0) is 10.8. The number of rotatable bonds is 5. The van der Waals surface area contributed by atoms with Gasteiger partial charge < -0.3 is 4.74 Å². The molecule has 4 nitrogen and oxygen atoms in total. The van der Waals surface area contributed by atoms with Crippen molar-refractivity contribution in [1.29, 1.82) is 0 Å². The van der Waals surface area contributed by atoms with Gasteiger partial charge in [0, 0.05) is 0 Å². The molecule has 0 radical (unpaired) electrons. The van der Waals surface area contributed by atoms with E-state index in [0.29, 0.717) is 5.92 Å². The third-order valence-electron chi connectivity index (χ3n) is 2.28. The number of ether oxygens (including phenoxy) is 1. The average Bonchev–Trinajstić information content (AvgIpc) is 2.96. The fourth-order valence-electron chi connectivity index (χ4n) is 1.11. The van der Waals surface area contributed by atoms with Crippen molar-refractivity contribution in [2.24, 2.45) is 11.8 Å². The van der Waals surface area contributed by atoms with E-state index >= 15 is 0 Å². The van der Waals surface area contributed by atoms with Crippen molar-refractivity contribution >= 4 is 5.91 Å². The van der Waals surface area contributed by atoms with Gasteiger partial charge in [-0.25, -0.2) is 5.84 Å². The Bertz CT molecular complexity index is 219. The Balaban J connectivity index is 2.30. The van der Waals surface area contributed by atoms with Crippen LogP contribution in [-0.2, 0) is 9.53 Å². The van der Waals surface area contributed by atoms with Crippen LogP contribution < -0.4 is 11.3 Å². The molecule has 6 heteroatoms. The molecule has 1 aliphatic carbocycles. The van der Waals surface area contributed by atoms with Crippen LogP contribution in [0.3, 0.4) is 0 Å². The molecule has 0 spiro atoms. The molecule has 1 atom stereocenters. The second-order valence-corrected chi connectivity index (χ2v) is 3.53. The first-order valence-electron chi connectivity index (χ1n) is 4.48. The highest BCUT2D eigenvalue weighted by Gasteiger charge is 2.40. The largest absolute Gasteiger partial charge is 0.371 e. The number of hydrogen-bond donors (Lipinski definition) is 2. The highest BCUT2D eigenvalue weighted by Crippen LogP contribution is 2.34. The minimum atomic E-state index is -3.54. The van der Waals surface area contributed by atoms with E-state index in [-0.39, 0.29) is 6.10 Å². The van der Waals surface area contributed by atoms with Crippen LogP contribution in [0, 0.1) is 5.92 Å². The fourth-order valence-corrected chi connectivity index (χ4v) is 1.11. The van der Waals surface area contributed by atoms with Crippen molar-refractivity contribution in [2.75, 3.05) is 6.61 Å². The van der Waals surface area contributed by atoms with Crippen molar-refractivity contribution in [1.82, 2.24) is 5.43 Å². The van der Waals surface area contributed by atoms with Gasteiger partial charge in [0.15, 0.2) is 0 Å². The molecular formula is C8H14F2N2O2. The van der Waals surface area contributed by atoms with E-state index in [0.717, 1.165) is 12.8 Å². The van der Waals surface area contributed by atoms with Crippen LogP contribution >= 0.6 is 0 Å². The van der Waals surface area contributed by atoms with Crippen molar-refractivity contribution < 1.29 is 18.3 Å². The number of nitrogens with one attached hydrogen (secondary N) is 1. The second-order valence-electron chi connectivity index (χ2n) is 3.53. The summed E-state index contributed by atoms with van der Waals surface area (Å²) in [4.78, 5) is 10.6. The number of carbonyl (C=O) groups is 1. The first-order valence-corrected chi connectivity index (χ1v) is 4.48. The third kappa shape index (κ3) is 2.88. The molecule has 3 N–H and O–H groups in total. The molecule has 1 rings (SSSR count). The van der Waals surface area contributed by atoms with Crippen LogP contribution in [0.25, 0.3) is 0 Å². The van der Waals surface area contributed by atoms with Gasteiger partial charge in [0.25, 0.3) is 0 Å². The van der Waals surface area contributed by atoms with Crippen LogP contribution in [0.1, 0.15) is 19.8 Å². The van der Waals surface area contributed by atoms with Crippen LogP contribution in [-0.4, -0.2) is 24.5 Å². The maximum absolute atomic E-state index is 12.8. The summed E-state index contributed by atoms with van der Waals surface area (Å²) >= 11 is 0. The lowest BCUT2D eigenvalue weighted by atomic mass is 10.2. The topological polar surface area (TPSA) is 64.3 Å². The smallest absolute Gasteiger partial charge is 0.348 e. The predicted molar refractivity (Wildman–Crippen MR) is 45.4 cm³/mol. The minimum Gasteiger partial charge on any atom is -0.371 e. The summed E-state index contributed by atoms with van der Waals surface area (Å²) in [5, 5.41) is 0. The molecule has 0 aromatic heterocycles. The van der Waals surface area contributed by atoms with E-state index in [1.807, 2.05) is 0 Å². The lowest BCUT2D eigenvalue weighted by Crippen LogP contribution is -2.47. The maximum Gasteiger partial charge on any atom is 0.348 e. The number of hydrazine groups is 1. The molecule has 1 saturated carbocycles. The predicted octanol–water partition coefficient (Wildman–Crippen LogP) is 0.427. The zero-order valence-corrected chi connectivity index (χ0v) is 7.93. The van der Waals surface area contributed by atoms with Crippen molar-refractivity contribution in [3.8, 4) is 0 Å². The zero-order valence-electron chi connectivity index (χ0n) is 7.93. The Kier molecular flexibility index (Phi) is 3.38. The summed E-state index contributed by atoms with van der Waals surface area (Å²) in [7, 11) is 0. The molecule has 0 aromatic rings. The Morgan fingerprint density at radius 2 is 2.29 bits per heavy atom. The van der Waals surface area contributed by atoms with E-state index in [9.17, 15) is 13.6 Å². The monoisotopic (exact) mass is 208 g/mol. The molecule has 1 amide bonds. The Morgan fingerprint density at radius 1 is 1.71 bits per heavy atom. The molecule has 0 heterocycles. The number of carbonyl (C=O) groups excluding carboxylic acids is 1. The molecule has 1 aliphatic rings. The number of amides is 1. The van der Waals surface area contributed by atoms with Gasteiger partial charge in [-0.3, -0.25) is 10.2 Å². The number of nitrogens with two attached hydrogens (primary N) is 1. The summed E-state index contributed by atoms with van der Waals surface area (Å²) in [6.07, 6.45) is 1.80. The molecule has 1 fully saturated rings. The van der Waals surface area contributed by atoms with Gasteiger partial charge in [0.1, 0.15) is 6.61 Å². The molecule has 14 heavy (non-hydrogen) atoms. The van der Waals surface area contributed by atoms with E-state index < -0.39 is 18.4 Å². The van der Waals surface area contributed by atoms with Crippen LogP contribution in [0.2, 0.25) is 0 Å². The number of halogens is 2. The normalized spacial score (nSPS) is 19.1. The SMILES string of the molecule is CC(OCC(F)(F)C(=O)NN)C1CC1. The molecule has 0 saturated heterocycles. The maximum atomic E-state index is 12.8. The summed E-state index contributed by atoms with van der Waals surface area (Å²) in [5.41, 5.74) is 1.40. The number of hydrogen-bond acceptors (Lipinski definition) is 3. The van der Waals surface area contributed by atoms with Gasteiger partial charge in [0.2, 0.25) is 0 Å². The van der Waals surface area contributed by atoms with Crippen molar-refractivity contribution in [3.05, 3.63) is 0 Å². The summed E-state index contributed by atoms with van der Waals surface area (Å²) < 4.78 is 30.6. The average molecular weight is 208 g/mol. The van der Waals surface area contributed by atoms with Gasteiger partial charge in [-0.05, 0) is 25.7 Å². The van der Waals surface area contributed by atoms with Crippen molar-refractivity contribution in [2.45, 2.75) is 31.8 Å². The minimum absolute atomic E-state index is 0.216. The van der Waals surface area contributed by atoms with E-state index in [2.05, 4.69) is 5.84 Å². The quantitative estimate of drug-likeness (QED) is 0.391. The standard InChI is InChI=1S/C8H14F2N2O2/c1-5(6-2-3-6)14-4-8(9,10)7(13)12-11/h5-6H,2-4,11H2,1H3,(H,12,13). The molecule has 0 bridgehead atoms. The Labute approximate surface area is 80.8 Å². The lowest BCUT2D eigenvalue weighted by Gasteiger charge is -2.17. The van der Waals surface area contributed by atoms with E-state index in [1.54, 1.807) is 6.92 Å². The fraction of sp³-hybridized carbons (Fsp3) is 0.875. The molecule has 0 aromatic carbocycles. The highest BCUT2D eigenvalue weighted by atomic mass is 19.3. The first-order chi connectivity index (χ1) is 6.47. The van der Waals surface area contributed by atoms with Crippen LogP contribution in [0.15, 0.2) is 0 Å². The highest BCUT2D eigenvalue weighted by molar-refractivity contribution is 5.82. The van der Waals surface area contributed by atoms with Gasteiger partial charge in [0.05, 0.1) is 6.10 Å². The van der Waals surface area contributed by atoms with E-state index in [1.165, 1.54) is 5.43 Å². The summed E-state index contributed by atoms with van der Waals surface area (Å²) in [6, 6.07) is 0. The second kappa shape index (κ2) is 4.18.